The van der Waals surface area contributed by atoms with Gasteiger partial charge in [0, 0.05) is 18.1 Å². The Morgan fingerprint density at radius 3 is 2.35 bits per heavy atom. The van der Waals surface area contributed by atoms with Gasteiger partial charge in [-0.15, -0.1) is 4.72 Å². The van der Waals surface area contributed by atoms with Crippen molar-refractivity contribution in [2.75, 3.05) is 6.54 Å². The number of benzene rings is 1. The van der Waals surface area contributed by atoms with Crippen molar-refractivity contribution in [2.45, 2.75) is 50.7 Å². The van der Waals surface area contributed by atoms with E-state index in [1.165, 1.54) is 12.1 Å². The fourth-order valence-corrected chi connectivity index (χ4v) is 3.23. The first-order valence-electron chi connectivity index (χ1n) is 7.47. The molecule has 1 saturated heterocycles. The molecule has 1 aliphatic heterocycles. The molecule has 1 aromatic carbocycles. The maximum Gasteiger partial charge on any atom is 0.500 e. The molecule has 1 aromatic rings. The normalized spacial score (nSPS) is 20.5. The highest BCUT2D eigenvalue weighted by atomic mass is 32.2. The zero-order valence-electron chi connectivity index (χ0n) is 14.0. The molecule has 0 aliphatic carbocycles. The minimum Gasteiger partial charge on any atom is -0.593 e. The average molecular weight is 339 g/mol. The number of aromatic carboxylic acids is 1. The monoisotopic (exact) mass is 339 g/mol. The lowest BCUT2D eigenvalue weighted by Gasteiger charge is -2.32. The summed E-state index contributed by atoms with van der Waals surface area (Å²) in [5, 5.41) is 9.16. The molecule has 126 valence electrons. The van der Waals surface area contributed by atoms with Gasteiger partial charge in [-0.3, -0.25) is 0 Å². The van der Waals surface area contributed by atoms with Crippen molar-refractivity contribution in [3.8, 4) is 0 Å². The van der Waals surface area contributed by atoms with Crippen molar-refractivity contribution in [1.82, 2.24) is 4.72 Å². The molecule has 0 bridgehead atoms. The van der Waals surface area contributed by atoms with Crippen LogP contribution in [0.3, 0.4) is 0 Å². The van der Waals surface area contributed by atoms with Gasteiger partial charge in [0.25, 0.3) is 0 Å². The Kier molecular flexibility index (Phi) is 5.13. The van der Waals surface area contributed by atoms with Crippen LogP contribution in [-0.2, 0) is 20.7 Å². The molecule has 6 nitrogen and oxygen atoms in total. The van der Waals surface area contributed by atoms with E-state index in [0.29, 0.717) is 16.9 Å². The van der Waals surface area contributed by atoms with Gasteiger partial charge in [0.05, 0.1) is 28.1 Å². The molecule has 1 heterocycles. The topological polar surface area (TPSA) is 90.9 Å². The maximum absolute atomic E-state index is 12.4. The Morgan fingerprint density at radius 1 is 1.30 bits per heavy atom. The lowest BCUT2D eigenvalue weighted by atomic mass is 9.78. The standard InChI is InChI=1S/C15H22BNO5S/c1-6-17-23(20)12-9-10(13(18)19)7-8-11(12)16-21-14(2,3)15(4,5)22-16/h7-9,17H,6H2,1-5H3,(H,18,19). The van der Waals surface area contributed by atoms with Gasteiger partial charge in [0.2, 0.25) is 0 Å². The third-order valence-corrected chi connectivity index (χ3v) is 5.55. The number of carbonyl (C=O) groups is 1. The molecule has 0 aromatic heterocycles. The number of hydrogen-bond donors (Lipinski definition) is 2. The molecule has 0 spiro atoms. The molecule has 0 amide bonds. The highest BCUT2D eigenvalue weighted by Gasteiger charge is 2.53. The summed E-state index contributed by atoms with van der Waals surface area (Å²) in [6.07, 6.45) is 0. The molecule has 2 N–H and O–H groups in total. The summed E-state index contributed by atoms with van der Waals surface area (Å²) in [7, 11) is -0.694. The van der Waals surface area contributed by atoms with Crippen molar-refractivity contribution in [3.63, 3.8) is 0 Å². The smallest absolute Gasteiger partial charge is 0.500 e. The predicted molar refractivity (Wildman–Crippen MR) is 89.2 cm³/mol. The summed E-state index contributed by atoms with van der Waals surface area (Å²) in [5.74, 6) is -1.07. The van der Waals surface area contributed by atoms with Crippen LogP contribution in [0, 0.1) is 0 Å². The van der Waals surface area contributed by atoms with Crippen LogP contribution in [0.15, 0.2) is 23.1 Å². The average Bonchev–Trinajstić information content (AvgIpc) is 2.67. The number of hydrogen-bond acceptors (Lipinski definition) is 5. The van der Waals surface area contributed by atoms with Crippen LogP contribution in [0.5, 0.6) is 0 Å². The number of carboxylic acids is 1. The Morgan fingerprint density at radius 2 is 1.87 bits per heavy atom. The Labute approximate surface area is 140 Å². The summed E-state index contributed by atoms with van der Waals surface area (Å²) < 4.78 is 27.2. The maximum atomic E-state index is 12.4. The number of rotatable bonds is 5. The predicted octanol–water partition coefficient (Wildman–Crippen LogP) is 1.32. The molecule has 2 rings (SSSR count). The lowest BCUT2D eigenvalue weighted by molar-refractivity contribution is 0.00578. The molecular formula is C15H22BNO5S. The molecule has 1 unspecified atom stereocenters. The van der Waals surface area contributed by atoms with Gasteiger partial charge in [-0.25, -0.2) is 4.79 Å². The largest absolute Gasteiger partial charge is 0.593 e. The van der Waals surface area contributed by atoms with Crippen molar-refractivity contribution < 1.29 is 23.8 Å². The third-order valence-electron chi connectivity index (χ3n) is 4.24. The minimum atomic E-state index is -1.54. The van der Waals surface area contributed by atoms with Crippen molar-refractivity contribution in [2.24, 2.45) is 0 Å². The van der Waals surface area contributed by atoms with E-state index in [0.717, 1.165) is 0 Å². The number of nitrogens with one attached hydrogen (secondary N) is 1. The minimum absolute atomic E-state index is 0.0755. The third kappa shape index (κ3) is 3.56. The lowest BCUT2D eigenvalue weighted by Crippen LogP contribution is -2.41. The molecule has 1 atom stereocenters. The molecule has 0 saturated carbocycles. The Hall–Kier alpha value is -1.06. The van der Waals surface area contributed by atoms with Crippen LogP contribution in [0.4, 0.5) is 0 Å². The zero-order chi connectivity index (χ0) is 17.4. The molecule has 1 fully saturated rings. The summed E-state index contributed by atoms with van der Waals surface area (Å²) in [5.41, 5.74) is -0.403. The van der Waals surface area contributed by atoms with Crippen LogP contribution in [0.1, 0.15) is 45.0 Å². The van der Waals surface area contributed by atoms with E-state index >= 15 is 0 Å². The zero-order valence-corrected chi connectivity index (χ0v) is 14.8. The van der Waals surface area contributed by atoms with Gasteiger partial charge < -0.3 is 19.0 Å². The first-order chi connectivity index (χ1) is 10.6. The van der Waals surface area contributed by atoms with Crippen molar-refractivity contribution >= 4 is 29.9 Å². The first kappa shape index (κ1) is 18.3. The van der Waals surface area contributed by atoms with Gasteiger partial charge in [0.1, 0.15) is 0 Å². The highest BCUT2D eigenvalue weighted by molar-refractivity contribution is 7.89. The second kappa shape index (κ2) is 6.45. The summed E-state index contributed by atoms with van der Waals surface area (Å²) in [6.45, 7) is 10.0. The van der Waals surface area contributed by atoms with Gasteiger partial charge in [0.15, 0.2) is 4.90 Å². The van der Waals surface area contributed by atoms with Crippen molar-refractivity contribution in [1.29, 1.82) is 0 Å². The van der Waals surface area contributed by atoms with E-state index in [1.807, 2.05) is 34.6 Å². The summed E-state index contributed by atoms with van der Waals surface area (Å²) in [4.78, 5) is 11.6. The fraction of sp³-hybridized carbons (Fsp3) is 0.533. The van der Waals surface area contributed by atoms with Crippen molar-refractivity contribution in [3.05, 3.63) is 23.8 Å². The second-order valence-electron chi connectivity index (χ2n) is 6.41. The fourth-order valence-electron chi connectivity index (χ4n) is 2.20. The van der Waals surface area contributed by atoms with Gasteiger partial charge in [-0.1, -0.05) is 6.07 Å². The Balaban J connectivity index is 2.44. The van der Waals surface area contributed by atoms with E-state index < -0.39 is 35.7 Å². The SMILES string of the molecule is CCN[S+]([O-])c1cc(C(=O)O)ccc1B1OC(C)(C)C(C)(C)O1. The van der Waals surface area contributed by atoms with Gasteiger partial charge in [-0.2, -0.15) is 0 Å². The van der Waals surface area contributed by atoms with Gasteiger partial charge in [-0.05, 0) is 40.7 Å². The van der Waals surface area contributed by atoms with Crippen LogP contribution in [0.2, 0.25) is 0 Å². The summed E-state index contributed by atoms with van der Waals surface area (Å²) in [6, 6.07) is 4.48. The molecular weight excluding hydrogens is 317 g/mol. The Bertz CT molecular complexity index is 592. The quantitative estimate of drug-likeness (QED) is 0.621. The van der Waals surface area contributed by atoms with E-state index in [-0.39, 0.29) is 5.56 Å². The van der Waals surface area contributed by atoms with E-state index in [2.05, 4.69) is 4.72 Å². The van der Waals surface area contributed by atoms with Crippen LogP contribution in [0.25, 0.3) is 0 Å². The summed E-state index contributed by atoms with van der Waals surface area (Å²) >= 11 is -1.54. The van der Waals surface area contributed by atoms with E-state index in [9.17, 15) is 9.35 Å². The molecule has 8 heteroatoms. The van der Waals surface area contributed by atoms with E-state index in [1.54, 1.807) is 6.07 Å². The van der Waals surface area contributed by atoms with E-state index in [4.69, 9.17) is 14.4 Å². The first-order valence-corrected chi connectivity index (χ1v) is 8.62. The van der Waals surface area contributed by atoms with Gasteiger partial charge >= 0.3 is 13.1 Å². The molecule has 1 aliphatic rings. The molecule has 0 radical (unpaired) electrons. The second-order valence-corrected chi connectivity index (χ2v) is 7.68. The highest BCUT2D eigenvalue weighted by Crippen LogP contribution is 2.37. The van der Waals surface area contributed by atoms with Crippen LogP contribution in [-0.4, -0.2) is 40.5 Å². The number of carboxylic acid groups (broad SMARTS) is 1. The van der Waals surface area contributed by atoms with Crippen LogP contribution >= 0.6 is 0 Å². The molecule has 23 heavy (non-hydrogen) atoms. The van der Waals surface area contributed by atoms with Crippen LogP contribution < -0.4 is 10.2 Å².